The molecule has 36 heteroatoms. The van der Waals surface area contributed by atoms with Gasteiger partial charge in [0.25, 0.3) is 0 Å². The zero-order valence-corrected chi connectivity index (χ0v) is 45.6. The zero-order chi connectivity index (χ0) is 58.1. The number of nitriles is 6. The molecule has 0 radical (unpaired) electrons. The molecule has 0 aromatic heterocycles. The monoisotopic (exact) mass is 1230 g/mol. The fourth-order valence-corrected chi connectivity index (χ4v) is 3.80. The van der Waals surface area contributed by atoms with E-state index in [1.807, 2.05) is 36.4 Å². The summed E-state index contributed by atoms with van der Waals surface area (Å²) in [6.45, 7) is 18.2. The van der Waals surface area contributed by atoms with Gasteiger partial charge in [-0.05, 0) is 23.3 Å². The molecule has 2 aromatic rings. The van der Waals surface area contributed by atoms with Crippen molar-refractivity contribution < 1.29 is 167 Å². The van der Waals surface area contributed by atoms with Crippen LogP contribution in [-0.2, 0) is 65.0 Å². The maximum absolute atomic E-state index is 8.49. The second-order valence-corrected chi connectivity index (χ2v) is 14.3. The van der Waals surface area contributed by atoms with Crippen molar-refractivity contribution in [1.29, 1.82) is 31.6 Å². The van der Waals surface area contributed by atoms with E-state index in [4.69, 9.17) is 137 Å². The summed E-state index contributed by atoms with van der Waals surface area (Å²) < 4.78 is 159. The molecule has 0 aliphatic carbocycles. The van der Waals surface area contributed by atoms with E-state index in [1.165, 1.54) is 41.5 Å². The van der Waals surface area contributed by atoms with Crippen molar-refractivity contribution in [2.24, 2.45) is 0 Å². The fraction of sp³-hybridized carbons (Fsp3) is 0.526. The molecular weight excluding hydrogens is 1180 g/mol. The molecule has 0 amide bonds. The number of rotatable bonds is 4. The van der Waals surface area contributed by atoms with Crippen molar-refractivity contribution in [2.75, 3.05) is 90.5 Å². The van der Waals surface area contributed by atoms with Gasteiger partial charge in [0.1, 0.15) is 0 Å². The normalized spacial score (nSPS) is 12.8. The number of nitrogen functional groups attached to an aromatic ring is 2. The third-order valence-electron chi connectivity index (χ3n) is 5.85. The molecule has 0 saturated carbocycles. The fourth-order valence-electron chi connectivity index (χ4n) is 3.80. The van der Waals surface area contributed by atoms with Gasteiger partial charge in [-0.3, -0.25) is 9.80 Å². The van der Waals surface area contributed by atoms with Gasteiger partial charge in [-0.25, -0.2) is 74.5 Å². The molecule has 1 saturated heterocycles. The summed E-state index contributed by atoms with van der Waals surface area (Å²) in [5.41, 5.74) is 16.1. The Hall–Kier alpha value is -3.75. The van der Waals surface area contributed by atoms with Gasteiger partial charge in [0.2, 0.25) is 0 Å². The molecule has 2 aromatic carbocycles. The minimum absolute atomic E-state index is 0. The number of ether oxygens (including phenoxy) is 4. The van der Waals surface area contributed by atoms with E-state index in [-0.39, 0.29) is 33.0 Å². The Labute approximate surface area is 459 Å². The molecule has 0 spiro atoms. The molecule has 0 atom stereocenters. The second-order valence-electron chi connectivity index (χ2n) is 11.3. The number of halogens is 4. The van der Waals surface area contributed by atoms with Crippen LogP contribution in [0.3, 0.4) is 0 Å². The van der Waals surface area contributed by atoms with Crippen LogP contribution in [0.2, 0.25) is 0 Å². The summed E-state index contributed by atoms with van der Waals surface area (Å²) in [6.07, 6.45) is 0. The number of benzene rings is 2. The van der Waals surface area contributed by atoms with Gasteiger partial charge in [-0.2, -0.15) is 31.6 Å². The Morgan fingerprint density at radius 1 is 0.378 bits per heavy atom. The van der Waals surface area contributed by atoms with Crippen molar-refractivity contribution in [3.8, 4) is 36.4 Å². The summed E-state index contributed by atoms with van der Waals surface area (Å²) in [7, 11) is -19.8. The molecule has 1 aliphatic rings. The first-order valence-electron chi connectivity index (χ1n) is 19.0. The van der Waals surface area contributed by atoms with Crippen LogP contribution in [0.1, 0.15) is 52.7 Å². The van der Waals surface area contributed by atoms with E-state index >= 15 is 0 Å². The Morgan fingerprint density at radius 3 is 0.676 bits per heavy atom. The van der Waals surface area contributed by atoms with E-state index < -0.39 is 41.0 Å². The van der Waals surface area contributed by atoms with Gasteiger partial charge in [0.15, 0.2) is 0 Å². The molecule has 4 N–H and O–H groups in total. The average molecular weight is 1230 g/mol. The summed E-state index contributed by atoms with van der Waals surface area (Å²) in [4.78, 5) is 4.62. The SMILES string of the molecule is CC#N.CC#N.CC#N.CC#N.CC#N.CC#N.Nc1ccccc1CN1CCOCCOCCN(Cc2ccccc2N)CCOCCOCC1.[Ni+2].[Ni+2].[O-][Cl+3]([O-])([O-])[O-].[O-][Cl+3]([O-])([O-])[O-].[O-][Cl+3]([O-])([O-])[O-].[O-][Cl+3]([O-])([O-])[O-]. The van der Waals surface area contributed by atoms with Gasteiger partial charge < -0.3 is 30.4 Å². The van der Waals surface area contributed by atoms with Crippen LogP contribution >= 0.6 is 0 Å². The van der Waals surface area contributed by atoms with E-state index in [2.05, 4.69) is 21.9 Å². The van der Waals surface area contributed by atoms with E-state index in [1.54, 1.807) is 36.4 Å². The molecule has 1 heterocycles. The quantitative estimate of drug-likeness (QED) is 0.212. The maximum atomic E-state index is 8.49. The standard InChI is InChI=1S/C26H40N4O4.6C2H3N.4ClHO4.2Ni/c27-25-7-3-1-5-23(25)21-29-9-13-31-17-19-33-15-11-30(12-16-34-20-18-32-14-10-29)22-24-6-2-4-8-26(24)28;6*1-2-3;4*2-1(3,4)5;;/h1-8H,9-22,27-28H2;6*1H3;4*(H,2,3,4,5);;/q;;;;;;;;;;;2*+2/p-4. The third kappa shape index (κ3) is 133. The molecule has 30 nitrogen and oxygen atoms in total. The van der Waals surface area contributed by atoms with Gasteiger partial charge >= 0.3 is 33.0 Å². The van der Waals surface area contributed by atoms with Gasteiger partial charge in [0.05, 0.1) is 89.3 Å². The Kier molecular flexibility index (Phi) is 82.0. The van der Waals surface area contributed by atoms with Gasteiger partial charge in [-0.1, -0.05) is 36.4 Å². The van der Waals surface area contributed by atoms with Crippen LogP contribution in [0.4, 0.5) is 11.4 Å². The first-order valence-corrected chi connectivity index (χ1v) is 23.9. The summed E-state index contributed by atoms with van der Waals surface area (Å²) in [5.74, 6) is 0. The number of nitrogens with zero attached hydrogens (tertiary/aromatic N) is 8. The number of hydrogen-bond acceptors (Lipinski definition) is 30. The van der Waals surface area contributed by atoms with Crippen LogP contribution in [0.25, 0.3) is 0 Å². The van der Waals surface area contributed by atoms with Crippen LogP contribution in [-0.4, -0.2) is 88.8 Å². The molecule has 0 bridgehead atoms. The minimum atomic E-state index is -4.94. The molecular formula is C38H58Cl4N10Ni2O20. The number of hydrogen-bond donors (Lipinski definition) is 2. The summed E-state index contributed by atoms with van der Waals surface area (Å²) in [5, 5.41) is 43.9. The van der Waals surface area contributed by atoms with Crippen LogP contribution in [0, 0.1) is 109 Å². The predicted molar refractivity (Wildman–Crippen MR) is 203 cm³/mol. The van der Waals surface area contributed by atoms with Crippen molar-refractivity contribution in [3.63, 3.8) is 0 Å². The number of para-hydroxylation sites is 2. The van der Waals surface area contributed by atoms with Crippen molar-refractivity contribution >= 4 is 11.4 Å². The van der Waals surface area contributed by atoms with Crippen molar-refractivity contribution in [1.82, 2.24) is 9.80 Å². The molecule has 1 fully saturated rings. The second kappa shape index (κ2) is 65.4. The first-order chi connectivity index (χ1) is 33.2. The Bertz CT molecular complexity index is 1530. The Morgan fingerprint density at radius 2 is 0.527 bits per heavy atom. The first kappa shape index (κ1) is 92.8. The Balaban J connectivity index is -0.000000104. The molecule has 0 unspecified atom stereocenters. The van der Waals surface area contributed by atoms with Crippen LogP contribution in [0.5, 0.6) is 0 Å². The third-order valence-corrected chi connectivity index (χ3v) is 5.85. The van der Waals surface area contributed by atoms with E-state index in [0.717, 1.165) is 61.8 Å². The molecule has 74 heavy (non-hydrogen) atoms. The topological polar surface area (TPSA) is 607 Å². The van der Waals surface area contributed by atoms with Gasteiger partial charge in [-0.15, -0.1) is 41.0 Å². The molecule has 1 aliphatic heterocycles. The van der Waals surface area contributed by atoms with E-state index in [0.29, 0.717) is 52.9 Å². The molecule has 3 rings (SSSR count). The van der Waals surface area contributed by atoms with Crippen LogP contribution in [0.15, 0.2) is 48.5 Å². The summed E-state index contributed by atoms with van der Waals surface area (Å²) >= 11 is 0. The predicted octanol–water partition coefficient (Wildman–Crippen LogP) is -13.6. The zero-order valence-electron chi connectivity index (χ0n) is 40.6. The number of nitrogens with two attached hydrogens (primary N) is 2. The summed E-state index contributed by atoms with van der Waals surface area (Å²) in [6, 6.07) is 26.5. The van der Waals surface area contributed by atoms with Crippen molar-refractivity contribution in [2.45, 2.75) is 54.6 Å². The number of anilines is 2. The van der Waals surface area contributed by atoms with Gasteiger partial charge in [0, 0.05) is 92.2 Å². The van der Waals surface area contributed by atoms with Crippen molar-refractivity contribution in [3.05, 3.63) is 59.7 Å². The smallest absolute Gasteiger partial charge is 0.398 e. The molecule has 428 valence electrons. The van der Waals surface area contributed by atoms with E-state index in [9.17, 15) is 0 Å². The largest absolute Gasteiger partial charge is 2.00 e. The van der Waals surface area contributed by atoms with Crippen LogP contribution < -0.4 is 86.0 Å². The minimum Gasteiger partial charge on any atom is -0.398 e. The maximum Gasteiger partial charge on any atom is 2.00 e. The average Bonchev–Trinajstić information content (AvgIpc) is 3.20.